The van der Waals surface area contributed by atoms with Crippen molar-refractivity contribution in [1.29, 1.82) is 0 Å². The second kappa shape index (κ2) is 13.2. The lowest BCUT2D eigenvalue weighted by Crippen LogP contribution is -2.31. The van der Waals surface area contributed by atoms with Crippen LogP contribution in [0.1, 0.15) is 5.56 Å². The van der Waals surface area contributed by atoms with Gasteiger partial charge in [-0.25, -0.2) is 0 Å². The summed E-state index contributed by atoms with van der Waals surface area (Å²) in [6.07, 6.45) is 0. The van der Waals surface area contributed by atoms with Gasteiger partial charge < -0.3 is 25.0 Å². The molecule has 0 heterocycles. The molecule has 1 aromatic rings. The van der Waals surface area contributed by atoms with Crippen LogP contribution < -0.4 is 20.1 Å². The predicted molar refractivity (Wildman–Crippen MR) is 97.3 cm³/mol. The van der Waals surface area contributed by atoms with Gasteiger partial charge in [-0.05, 0) is 38.8 Å². The largest absolute Gasteiger partial charge is 0.493 e. The molecule has 1 amide bonds. The molecule has 0 aliphatic heterocycles. The molecule has 0 atom stereocenters. The van der Waals surface area contributed by atoms with Gasteiger partial charge in [-0.15, -0.1) is 24.8 Å². The number of ether oxygens (including phenoxy) is 2. The summed E-state index contributed by atoms with van der Waals surface area (Å²) in [6, 6.07) is 5.67. The number of nitrogens with zero attached hydrogens (tertiary/aromatic N) is 1. The van der Waals surface area contributed by atoms with Crippen LogP contribution in [-0.2, 0) is 11.3 Å². The summed E-state index contributed by atoms with van der Waals surface area (Å²) in [4.78, 5) is 13.5. The monoisotopic (exact) mass is 367 g/mol. The van der Waals surface area contributed by atoms with E-state index in [2.05, 4.69) is 15.5 Å². The molecule has 0 fully saturated rings. The molecule has 0 aliphatic carbocycles. The molecule has 0 aliphatic rings. The molecule has 134 valence electrons. The maximum Gasteiger partial charge on any atom is 0.234 e. The molecule has 0 bridgehead atoms. The molecule has 0 aromatic heterocycles. The fourth-order valence-electron chi connectivity index (χ4n) is 1.70. The third-order valence-corrected chi connectivity index (χ3v) is 2.85. The van der Waals surface area contributed by atoms with E-state index in [-0.39, 0.29) is 30.7 Å². The number of carbonyl (C=O) groups excluding carboxylic acids is 1. The highest BCUT2D eigenvalue weighted by Crippen LogP contribution is 2.27. The number of nitrogens with one attached hydrogen (secondary N) is 2. The average molecular weight is 368 g/mol. The van der Waals surface area contributed by atoms with Crippen LogP contribution in [0, 0.1) is 0 Å². The Hall–Kier alpha value is -1.21. The Morgan fingerprint density at radius 3 is 2.48 bits per heavy atom. The van der Waals surface area contributed by atoms with Gasteiger partial charge in [0.2, 0.25) is 5.91 Å². The van der Waals surface area contributed by atoms with E-state index in [1.807, 2.05) is 32.3 Å². The number of rotatable bonds is 9. The van der Waals surface area contributed by atoms with Crippen molar-refractivity contribution in [3.05, 3.63) is 23.8 Å². The van der Waals surface area contributed by atoms with E-state index in [1.165, 1.54) is 0 Å². The van der Waals surface area contributed by atoms with Crippen LogP contribution in [0.25, 0.3) is 0 Å². The minimum atomic E-state index is -0.0391. The summed E-state index contributed by atoms with van der Waals surface area (Å²) < 4.78 is 11.0. The smallest absolute Gasteiger partial charge is 0.234 e. The second-order valence-corrected chi connectivity index (χ2v) is 4.94. The number of halogens is 2. The first kappa shape index (κ1) is 24.0. The van der Waals surface area contributed by atoms with Crippen LogP contribution in [0.3, 0.4) is 0 Å². The lowest BCUT2D eigenvalue weighted by atomic mass is 10.2. The van der Waals surface area contributed by atoms with Crippen molar-refractivity contribution >= 4 is 30.7 Å². The predicted octanol–water partition coefficient (Wildman–Crippen LogP) is 1.31. The van der Waals surface area contributed by atoms with Gasteiger partial charge in [0.1, 0.15) is 6.61 Å². The van der Waals surface area contributed by atoms with Crippen molar-refractivity contribution in [3.8, 4) is 11.5 Å². The first-order chi connectivity index (χ1) is 10.1. The van der Waals surface area contributed by atoms with Gasteiger partial charge in [0.05, 0.1) is 13.7 Å². The Bertz CT molecular complexity index is 460. The number of hydrogen-bond donors (Lipinski definition) is 2. The van der Waals surface area contributed by atoms with E-state index < -0.39 is 0 Å². The third kappa shape index (κ3) is 9.50. The van der Waals surface area contributed by atoms with Gasteiger partial charge in [0.25, 0.3) is 0 Å². The zero-order chi connectivity index (χ0) is 15.7. The Kier molecular flexibility index (Phi) is 13.9. The number of carbonyl (C=O) groups is 1. The molecule has 0 unspecified atom stereocenters. The number of hydrogen-bond acceptors (Lipinski definition) is 5. The van der Waals surface area contributed by atoms with Crippen molar-refractivity contribution in [3.63, 3.8) is 0 Å². The Morgan fingerprint density at radius 2 is 1.91 bits per heavy atom. The molecular weight excluding hydrogens is 341 g/mol. The molecule has 2 N–H and O–H groups in total. The summed E-state index contributed by atoms with van der Waals surface area (Å²) in [5.41, 5.74) is 0.969. The number of benzene rings is 1. The SMILES string of the molecule is CNCC(=O)NCc1ccc(OCCN(C)C)c(OC)c1.Cl.Cl. The van der Waals surface area contributed by atoms with Gasteiger partial charge >= 0.3 is 0 Å². The quantitative estimate of drug-likeness (QED) is 0.688. The molecule has 8 heteroatoms. The van der Waals surface area contributed by atoms with E-state index in [4.69, 9.17) is 9.47 Å². The van der Waals surface area contributed by atoms with E-state index in [0.717, 1.165) is 12.1 Å². The minimum absolute atomic E-state index is 0. The second-order valence-electron chi connectivity index (χ2n) is 4.94. The number of likely N-dealkylation sites (N-methyl/N-ethyl adjacent to an activating group) is 2. The summed E-state index contributed by atoms with van der Waals surface area (Å²) in [5, 5.41) is 5.63. The maximum absolute atomic E-state index is 11.4. The molecule has 1 aromatic carbocycles. The summed E-state index contributed by atoms with van der Waals surface area (Å²) >= 11 is 0. The van der Waals surface area contributed by atoms with Crippen LogP contribution in [0.4, 0.5) is 0 Å². The Morgan fingerprint density at radius 1 is 1.22 bits per heavy atom. The fourth-order valence-corrected chi connectivity index (χ4v) is 1.70. The van der Waals surface area contributed by atoms with Crippen molar-refractivity contribution in [2.24, 2.45) is 0 Å². The number of amides is 1. The Labute approximate surface area is 150 Å². The van der Waals surface area contributed by atoms with Crippen LogP contribution in [0.5, 0.6) is 11.5 Å². The highest BCUT2D eigenvalue weighted by atomic mass is 35.5. The van der Waals surface area contributed by atoms with Crippen LogP contribution >= 0.6 is 24.8 Å². The summed E-state index contributed by atoms with van der Waals surface area (Å²) in [5.74, 6) is 1.35. The third-order valence-electron chi connectivity index (χ3n) is 2.85. The molecule has 0 spiro atoms. The topological polar surface area (TPSA) is 62.8 Å². The number of methoxy groups -OCH3 is 1. The normalized spacial score (nSPS) is 9.61. The molecular formula is C15H27Cl2N3O3. The van der Waals surface area contributed by atoms with Crippen LogP contribution in [0.15, 0.2) is 18.2 Å². The van der Waals surface area contributed by atoms with Gasteiger partial charge in [-0.2, -0.15) is 0 Å². The molecule has 23 heavy (non-hydrogen) atoms. The van der Waals surface area contributed by atoms with E-state index in [1.54, 1.807) is 14.2 Å². The molecule has 0 saturated carbocycles. The average Bonchev–Trinajstić information content (AvgIpc) is 2.46. The minimum Gasteiger partial charge on any atom is -0.493 e. The Balaban J connectivity index is 0. The van der Waals surface area contributed by atoms with Crippen molar-refractivity contribution in [1.82, 2.24) is 15.5 Å². The van der Waals surface area contributed by atoms with E-state index in [9.17, 15) is 4.79 Å². The van der Waals surface area contributed by atoms with Gasteiger partial charge in [0.15, 0.2) is 11.5 Å². The molecule has 0 radical (unpaired) electrons. The van der Waals surface area contributed by atoms with Crippen molar-refractivity contribution in [2.45, 2.75) is 6.54 Å². The molecule has 6 nitrogen and oxygen atoms in total. The van der Waals surface area contributed by atoms with Crippen LogP contribution in [0.2, 0.25) is 0 Å². The van der Waals surface area contributed by atoms with Crippen molar-refractivity contribution in [2.75, 3.05) is 47.9 Å². The lowest BCUT2D eigenvalue weighted by Gasteiger charge is -2.14. The molecule has 1 rings (SSSR count). The van der Waals surface area contributed by atoms with Gasteiger partial charge in [0, 0.05) is 13.1 Å². The zero-order valence-electron chi connectivity index (χ0n) is 14.0. The first-order valence-corrected chi connectivity index (χ1v) is 6.92. The van der Waals surface area contributed by atoms with E-state index >= 15 is 0 Å². The highest BCUT2D eigenvalue weighted by molar-refractivity contribution is 5.85. The van der Waals surface area contributed by atoms with Gasteiger partial charge in [-0.3, -0.25) is 4.79 Å². The van der Waals surface area contributed by atoms with Gasteiger partial charge in [-0.1, -0.05) is 6.07 Å². The fraction of sp³-hybridized carbons (Fsp3) is 0.533. The van der Waals surface area contributed by atoms with Crippen molar-refractivity contribution < 1.29 is 14.3 Å². The van der Waals surface area contributed by atoms with E-state index in [0.29, 0.717) is 31.2 Å². The summed E-state index contributed by atoms with van der Waals surface area (Å²) in [6.45, 7) is 2.21. The maximum atomic E-state index is 11.4. The lowest BCUT2D eigenvalue weighted by molar-refractivity contribution is -0.120. The van der Waals surface area contributed by atoms with Crippen LogP contribution in [-0.4, -0.2) is 58.8 Å². The standard InChI is InChI=1S/C15H25N3O3.2ClH/c1-16-11-15(19)17-10-12-5-6-13(14(9-12)20-4)21-8-7-18(2)3;;/h5-6,9,16H,7-8,10-11H2,1-4H3,(H,17,19);2*1H. The molecule has 0 saturated heterocycles. The first-order valence-electron chi connectivity index (χ1n) is 6.92. The highest BCUT2D eigenvalue weighted by Gasteiger charge is 2.07. The summed E-state index contributed by atoms with van der Waals surface area (Å²) in [7, 11) is 7.34. The zero-order valence-corrected chi connectivity index (χ0v) is 15.7.